The quantitative estimate of drug-likeness (QED) is 0.759. The Hall–Kier alpha value is -1.19. The molecule has 0 aliphatic carbocycles. The van der Waals surface area contributed by atoms with Crippen LogP contribution in [0.1, 0.15) is 6.92 Å². The fourth-order valence-corrected chi connectivity index (χ4v) is 2.17. The number of ether oxygens (including phenoxy) is 2. The third-order valence-corrected chi connectivity index (χ3v) is 3.05. The van der Waals surface area contributed by atoms with E-state index in [1.165, 1.54) is 0 Å². The van der Waals surface area contributed by atoms with E-state index in [1.807, 2.05) is 43.3 Å². The predicted molar refractivity (Wildman–Crippen MR) is 76.8 cm³/mol. The van der Waals surface area contributed by atoms with Crippen molar-refractivity contribution in [2.45, 2.75) is 6.92 Å². The van der Waals surface area contributed by atoms with E-state index in [4.69, 9.17) is 21.1 Å². The van der Waals surface area contributed by atoms with Gasteiger partial charge in [0.1, 0.15) is 17.2 Å². The summed E-state index contributed by atoms with van der Waals surface area (Å²) in [7, 11) is 0. The molecular weight excluding hydrogens is 316 g/mol. The molecule has 0 saturated carbocycles. The summed E-state index contributed by atoms with van der Waals surface area (Å²) in [6.07, 6.45) is 0. The van der Waals surface area contributed by atoms with Crippen LogP contribution < -0.4 is 9.47 Å². The molecule has 18 heavy (non-hydrogen) atoms. The third kappa shape index (κ3) is 3.40. The van der Waals surface area contributed by atoms with Gasteiger partial charge in [-0.15, -0.1) is 0 Å². The first-order valence-corrected chi connectivity index (χ1v) is 6.72. The molecule has 0 bridgehead atoms. The Labute approximate surface area is 120 Å². The van der Waals surface area contributed by atoms with Crippen LogP contribution in [-0.4, -0.2) is 6.61 Å². The minimum absolute atomic E-state index is 0.568. The largest absolute Gasteiger partial charge is 0.494 e. The first-order valence-electron chi connectivity index (χ1n) is 5.55. The zero-order valence-corrected chi connectivity index (χ0v) is 12.2. The van der Waals surface area contributed by atoms with Crippen LogP contribution in [0.5, 0.6) is 17.2 Å². The van der Waals surface area contributed by atoms with Gasteiger partial charge in [0.2, 0.25) is 0 Å². The molecule has 0 spiro atoms. The minimum atomic E-state index is 0.568. The molecule has 2 nitrogen and oxygen atoms in total. The summed E-state index contributed by atoms with van der Waals surface area (Å²) in [5.74, 6) is 2.18. The SMILES string of the molecule is CCOc1ccc(Oc2ccc(Br)cc2Cl)cc1. The lowest BCUT2D eigenvalue weighted by atomic mass is 10.3. The van der Waals surface area contributed by atoms with Gasteiger partial charge in [-0.25, -0.2) is 0 Å². The van der Waals surface area contributed by atoms with Crippen molar-refractivity contribution in [3.63, 3.8) is 0 Å². The zero-order chi connectivity index (χ0) is 13.0. The molecule has 0 aliphatic rings. The van der Waals surface area contributed by atoms with Gasteiger partial charge in [-0.1, -0.05) is 27.5 Å². The molecule has 0 radical (unpaired) electrons. The molecule has 4 heteroatoms. The van der Waals surface area contributed by atoms with Gasteiger partial charge in [0, 0.05) is 4.47 Å². The Morgan fingerprint density at radius 3 is 2.33 bits per heavy atom. The average molecular weight is 328 g/mol. The van der Waals surface area contributed by atoms with Crippen molar-refractivity contribution in [1.82, 2.24) is 0 Å². The summed E-state index contributed by atoms with van der Waals surface area (Å²) in [5, 5.41) is 0.568. The van der Waals surface area contributed by atoms with Gasteiger partial charge in [-0.2, -0.15) is 0 Å². The van der Waals surface area contributed by atoms with Gasteiger partial charge in [0.25, 0.3) is 0 Å². The van der Waals surface area contributed by atoms with Gasteiger partial charge in [0.05, 0.1) is 11.6 Å². The lowest BCUT2D eigenvalue weighted by Gasteiger charge is -2.09. The monoisotopic (exact) mass is 326 g/mol. The lowest BCUT2D eigenvalue weighted by Crippen LogP contribution is -1.91. The summed E-state index contributed by atoms with van der Waals surface area (Å²) >= 11 is 9.43. The van der Waals surface area contributed by atoms with Crippen molar-refractivity contribution in [2.24, 2.45) is 0 Å². The molecule has 2 aromatic rings. The van der Waals surface area contributed by atoms with E-state index in [-0.39, 0.29) is 0 Å². The van der Waals surface area contributed by atoms with Crippen LogP contribution >= 0.6 is 27.5 Å². The van der Waals surface area contributed by atoms with Gasteiger partial charge >= 0.3 is 0 Å². The first kappa shape index (κ1) is 13.2. The van der Waals surface area contributed by atoms with Crippen LogP contribution in [0.4, 0.5) is 0 Å². The Bertz CT molecular complexity index is 526. The maximum absolute atomic E-state index is 6.08. The Morgan fingerprint density at radius 2 is 1.72 bits per heavy atom. The highest BCUT2D eigenvalue weighted by Gasteiger charge is 2.04. The minimum Gasteiger partial charge on any atom is -0.494 e. The summed E-state index contributed by atoms with van der Waals surface area (Å²) in [4.78, 5) is 0. The number of halogens is 2. The highest BCUT2D eigenvalue weighted by molar-refractivity contribution is 9.10. The average Bonchev–Trinajstić information content (AvgIpc) is 2.35. The maximum Gasteiger partial charge on any atom is 0.146 e. The third-order valence-electron chi connectivity index (χ3n) is 2.26. The van der Waals surface area contributed by atoms with Crippen LogP contribution in [-0.2, 0) is 0 Å². The summed E-state index contributed by atoms with van der Waals surface area (Å²) in [6.45, 7) is 2.60. The van der Waals surface area contributed by atoms with Crippen molar-refractivity contribution < 1.29 is 9.47 Å². The van der Waals surface area contributed by atoms with E-state index >= 15 is 0 Å². The second kappa shape index (κ2) is 6.12. The van der Waals surface area contributed by atoms with Crippen molar-refractivity contribution in [1.29, 1.82) is 0 Å². The van der Waals surface area contributed by atoms with Crippen LogP contribution in [0, 0.1) is 0 Å². The van der Waals surface area contributed by atoms with Gasteiger partial charge in [-0.3, -0.25) is 0 Å². The number of rotatable bonds is 4. The molecule has 0 N–H and O–H groups in total. The summed E-state index contributed by atoms with van der Waals surface area (Å²) in [6, 6.07) is 12.9. The molecule has 0 heterocycles. The Balaban J connectivity index is 2.13. The topological polar surface area (TPSA) is 18.5 Å². The predicted octanol–water partition coefficient (Wildman–Crippen LogP) is 5.29. The summed E-state index contributed by atoms with van der Waals surface area (Å²) in [5.41, 5.74) is 0. The van der Waals surface area contributed by atoms with Crippen LogP contribution in [0.3, 0.4) is 0 Å². The van der Waals surface area contributed by atoms with Crippen molar-refractivity contribution in [3.05, 3.63) is 52.0 Å². The highest BCUT2D eigenvalue weighted by Crippen LogP contribution is 2.32. The van der Waals surface area contributed by atoms with Crippen LogP contribution in [0.15, 0.2) is 46.9 Å². The molecule has 2 aromatic carbocycles. The Morgan fingerprint density at radius 1 is 1.06 bits per heavy atom. The standard InChI is InChI=1S/C14H12BrClO2/c1-2-17-11-4-6-12(7-5-11)18-14-8-3-10(15)9-13(14)16/h3-9H,2H2,1H3. The molecule has 0 unspecified atom stereocenters. The van der Waals surface area contributed by atoms with Crippen molar-refractivity contribution >= 4 is 27.5 Å². The molecule has 0 fully saturated rings. The molecule has 2 rings (SSSR count). The van der Waals surface area contributed by atoms with E-state index in [1.54, 1.807) is 6.07 Å². The number of hydrogen-bond donors (Lipinski definition) is 0. The molecular formula is C14H12BrClO2. The van der Waals surface area contributed by atoms with Gasteiger partial charge in [0.15, 0.2) is 0 Å². The van der Waals surface area contributed by atoms with E-state index in [0.29, 0.717) is 17.4 Å². The van der Waals surface area contributed by atoms with E-state index in [0.717, 1.165) is 16.0 Å². The molecule has 0 aromatic heterocycles. The van der Waals surface area contributed by atoms with Gasteiger partial charge < -0.3 is 9.47 Å². The van der Waals surface area contributed by atoms with Crippen LogP contribution in [0.2, 0.25) is 5.02 Å². The summed E-state index contributed by atoms with van der Waals surface area (Å²) < 4.78 is 12.0. The number of hydrogen-bond acceptors (Lipinski definition) is 2. The molecule has 0 saturated heterocycles. The fourth-order valence-electron chi connectivity index (χ4n) is 1.46. The van der Waals surface area contributed by atoms with Crippen molar-refractivity contribution in [2.75, 3.05) is 6.61 Å². The van der Waals surface area contributed by atoms with Crippen molar-refractivity contribution in [3.8, 4) is 17.2 Å². The second-order valence-electron chi connectivity index (χ2n) is 3.58. The number of benzene rings is 2. The normalized spacial score (nSPS) is 10.2. The van der Waals surface area contributed by atoms with E-state index in [2.05, 4.69) is 15.9 Å². The van der Waals surface area contributed by atoms with E-state index < -0.39 is 0 Å². The molecule has 0 aliphatic heterocycles. The second-order valence-corrected chi connectivity index (χ2v) is 4.90. The molecule has 0 amide bonds. The molecule has 94 valence electrons. The fraction of sp³-hybridized carbons (Fsp3) is 0.143. The molecule has 0 atom stereocenters. The maximum atomic E-state index is 6.08. The zero-order valence-electron chi connectivity index (χ0n) is 9.82. The van der Waals surface area contributed by atoms with Gasteiger partial charge in [-0.05, 0) is 49.4 Å². The lowest BCUT2D eigenvalue weighted by molar-refractivity contribution is 0.339. The highest BCUT2D eigenvalue weighted by atomic mass is 79.9. The van der Waals surface area contributed by atoms with E-state index in [9.17, 15) is 0 Å². The Kier molecular flexibility index (Phi) is 4.50. The first-order chi connectivity index (χ1) is 8.69. The van der Waals surface area contributed by atoms with Crippen LogP contribution in [0.25, 0.3) is 0 Å². The smallest absolute Gasteiger partial charge is 0.146 e.